The zero-order chi connectivity index (χ0) is 39.0. The van der Waals surface area contributed by atoms with Gasteiger partial charge in [-0.1, -0.05) is 39.8 Å². The van der Waals surface area contributed by atoms with Crippen LogP contribution in [0.1, 0.15) is 85.8 Å². The molecule has 0 heterocycles. The third-order valence-electron chi connectivity index (χ3n) is 8.79. The molecule has 0 aliphatic rings. The minimum Gasteiger partial charge on any atom is -0.748 e. The molecule has 0 radical (unpaired) electrons. The molecule has 54 heavy (non-hydrogen) atoms. The molecule has 6 N–H and O–H groups in total. The molecule has 0 bridgehead atoms. The molecule has 0 aliphatic heterocycles. The molecule has 0 aliphatic carbocycles. The smallest absolute Gasteiger partial charge is 0.748 e. The monoisotopic (exact) mass is 836 g/mol. The molecule has 0 atom stereocenters. The summed E-state index contributed by atoms with van der Waals surface area (Å²) in [5, 5.41) is 69.6. The molecular weight excluding hydrogens is 795 g/mol. The molecule has 4 aromatic carbocycles. The van der Waals surface area contributed by atoms with Gasteiger partial charge in [0.15, 0.2) is 23.0 Å². The first-order valence-electron chi connectivity index (χ1n) is 16.4. The number of hydrogen-bond donors (Lipinski definition) is 6. The molecule has 282 valence electrons. The molecule has 0 amide bonds. The van der Waals surface area contributed by atoms with Crippen LogP contribution in [0, 0.1) is 13.8 Å². The summed E-state index contributed by atoms with van der Waals surface area (Å²) < 4.78 is 66.3. The number of rotatable bonds is 13. The second-order valence-corrected chi connectivity index (χ2v) is 16.4. The van der Waals surface area contributed by atoms with Gasteiger partial charge in [0.25, 0.3) is 0 Å². The summed E-state index contributed by atoms with van der Waals surface area (Å²) in [6, 6.07) is 3.34. The van der Waals surface area contributed by atoms with Gasteiger partial charge in [-0.15, -0.1) is 0 Å². The summed E-state index contributed by atoms with van der Waals surface area (Å²) in [5.74, 6) is -4.94. The van der Waals surface area contributed by atoms with E-state index in [1.807, 2.05) is 0 Å². The Hall–Kier alpha value is -1.37. The largest absolute Gasteiger partial charge is 1.00 e. The second-order valence-electron chi connectivity index (χ2n) is 13.3. The number of phenolic OH excluding ortho intramolecular Hbond substituents is 6. The van der Waals surface area contributed by atoms with Gasteiger partial charge in [0, 0.05) is 81.2 Å². The number of aryl methyl sites for hydroxylation is 2. The number of benzene rings is 4. The third-order valence-corrected chi connectivity index (χ3v) is 10.4. The van der Waals surface area contributed by atoms with E-state index in [1.165, 1.54) is 0 Å². The van der Waals surface area contributed by atoms with Crippen molar-refractivity contribution >= 4 is 54.2 Å². The van der Waals surface area contributed by atoms with Gasteiger partial charge < -0.3 is 39.7 Å². The van der Waals surface area contributed by atoms with Crippen molar-refractivity contribution in [2.24, 2.45) is 9.98 Å². The Labute approximate surface area is 399 Å². The van der Waals surface area contributed by atoms with Crippen LogP contribution in [0.5, 0.6) is 34.5 Å². The van der Waals surface area contributed by atoms with E-state index >= 15 is 0 Å². The maximum absolute atomic E-state index is 12.1. The average Bonchev–Trinajstić information content (AvgIpc) is 3.00. The maximum Gasteiger partial charge on any atom is 1.00 e. The molecule has 14 nitrogen and oxygen atoms in total. The Kier molecular flexibility index (Phi) is 17.5. The molecule has 18 heteroatoms. The fraction of sp³-hybridized carbons (Fsp3) is 0.389. The standard InChI is InChI=1S/C36H44N2O12S2.2K/c1-17(2)25-21-13-19(5)27(33(41)29(21)23(31(39)35(25)43)15-37-9-7-11-51(45,46)47)28-20(6)14-22-26(18(3)4)36(44)32(40)24(30(22)34(28)42)16-38-10-8-12-52(48,49)50;;/h13-18,39-44H,7-12H2,1-6H3,(H,45,46,47)(H,48,49,50);;/q;2*+1/p-2. The second kappa shape index (κ2) is 19.4. The van der Waals surface area contributed by atoms with Gasteiger partial charge in [0.2, 0.25) is 0 Å². The van der Waals surface area contributed by atoms with Crippen LogP contribution in [0.15, 0.2) is 22.1 Å². The summed E-state index contributed by atoms with van der Waals surface area (Å²) in [6.45, 7) is 10.2. The summed E-state index contributed by atoms with van der Waals surface area (Å²) in [6.07, 6.45) is 2.10. The van der Waals surface area contributed by atoms with E-state index in [-0.39, 0.29) is 174 Å². The Bertz CT molecular complexity index is 2200. The number of aliphatic imine (C=N–C) groups is 2. The number of nitrogens with zero attached hydrogens (tertiary/aromatic N) is 2. The van der Waals surface area contributed by atoms with Crippen molar-refractivity contribution in [1.29, 1.82) is 0 Å². The van der Waals surface area contributed by atoms with E-state index in [2.05, 4.69) is 9.98 Å². The first-order chi connectivity index (χ1) is 24.1. The van der Waals surface area contributed by atoms with E-state index in [0.29, 0.717) is 33.0 Å². The third kappa shape index (κ3) is 10.6. The van der Waals surface area contributed by atoms with E-state index < -0.39 is 66.2 Å². The predicted molar refractivity (Wildman–Crippen MR) is 198 cm³/mol. The first kappa shape index (κ1) is 48.8. The summed E-state index contributed by atoms with van der Waals surface area (Å²) in [5.41, 5.74) is 1.57. The Morgan fingerprint density at radius 1 is 0.593 bits per heavy atom. The van der Waals surface area contributed by atoms with Crippen LogP contribution in [-0.4, -0.2) is 93.6 Å². The van der Waals surface area contributed by atoms with Crippen molar-refractivity contribution < 1.29 is 159 Å². The average molecular weight is 837 g/mol. The van der Waals surface area contributed by atoms with Crippen LogP contribution in [0.3, 0.4) is 0 Å². The van der Waals surface area contributed by atoms with Gasteiger partial charge in [-0.25, -0.2) is 16.8 Å². The molecule has 0 saturated carbocycles. The fourth-order valence-corrected chi connectivity index (χ4v) is 7.57. The maximum atomic E-state index is 12.1. The molecule has 0 fully saturated rings. The van der Waals surface area contributed by atoms with Gasteiger partial charge >= 0.3 is 103 Å². The van der Waals surface area contributed by atoms with Gasteiger partial charge in [0.05, 0.1) is 20.2 Å². The molecule has 0 spiro atoms. The SMILES string of the molecule is Cc1cc2c(C(C)C)c(O)c(O)c(C=NCCCS(=O)(=O)[O-])c2c(O)c1-c1c(C)cc2c(C(C)C)c(O)c(O)c(C=NCCCS(=O)(=O)[O-])c2c1O.[K+].[K+]. The van der Waals surface area contributed by atoms with Crippen molar-refractivity contribution in [1.82, 2.24) is 0 Å². The number of fused-ring (bicyclic) bond motifs is 2. The van der Waals surface area contributed by atoms with Crippen LogP contribution in [0.25, 0.3) is 32.7 Å². The van der Waals surface area contributed by atoms with Crippen molar-refractivity contribution in [3.8, 4) is 45.6 Å². The number of hydrogen-bond acceptors (Lipinski definition) is 14. The molecule has 0 unspecified atom stereocenters. The van der Waals surface area contributed by atoms with Crippen LogP contribution in [-0.2, 0) is 20.2 Å². The first-order valence-corrected chi connectivity index (χ1v) is 19.6. The summed E-state index contributed by atoms with van der Waals surface area (Å²) in [4.78, 5) is 8.29. The van der Waals surface area contributed by atoms with Crippen molar-refractivity contribution in [2.75, 3.05) is 24.6 Å². The zero-order valence-corrected chi connectivity index (χ0v) is 39.4. The Morgan fingerprint density at radius 3 is 1.19 bits per heavy atom. The number of phenols is 6. The molecule has 4 rings (SSSR count). The minimum absolute atomic E-state index is 0. The molecular formula is C36H42K2N2O12S2. The van der Waals surface area contributed by atoms with Crippen molar-refractivity contribution in [2.45, 2.75) is 66.2 Å². The number of aromatic hydroxyl groups is 6. The molecule has 0 aromatic heterocycles. The Balaban J connectivity index is 0.00000504. The van der Waals surface area contributed by atoms with Crippen LogP contribution in [0.4, 0.5) is 0 Å². The Morgan fingerprint density at radius 2 is 0.907 bits per heavy atom. The van der Waals surface area contributed by atoms with Crippen LogP contribution in [0.2, 0.25) is 0 Å². The quantitative estimate of drug-likeness (QED) is 0.0327. The van der Waals surface area contributed by atoms with Crippen LogP contribution < -0.4 is 103 Å². The van der Waals surface area contributed by atoms with Crippen molar-refractivity contribution in [3.05, 3.63) is 45.5 Å². The van der Waals surface area contributed by atoms with Gasteiger partial charge in [-0.2, -0.15) is 0 Å². The normalized spacial score (nSPS) is 12.4. The van der Waals surface area contributed by atoms with Crippen molar-refractivity contribution in [3.63, 3.8) is 0 Å². The fourth-order valence-electron chi connectivity index (χ4n) is 6.60. The molecule has 4 aromatic rings. The van der Waals surface area contributed by atoms with E-state index in [0.717, 1.165) is 12.4 Å². The van der Waals surface area contributed by atoms with Gasteiger partial charge in [0.1, 0.15) is 11.5 Å². The zero-order valence-electron chi connectivity index (χ0n) is 31.6. The van der Waals surface area contributed by atoms with E-state index in [1.54, 1.807) is 53.7 Å². The van der Waals surface area contributed by atoms with Gasteiger partial charge in [-0.3, -0.25) is 9.98 Å². The summed E-state index contributed by atoms with van der Waals surface area (Å²) in [7, 11) is -8.97. The topological polar surface area (TPSA) is 260 Å². The minimum atomic E-state index is -4.48. The van der Waals surface area contributed by atoms with Gasteiger partial charge in [-0.05, 0) is 60.4 Å². The predicted octanol–water partition coefficient (Wildman–Crippen LogP) is -0.526. The summed E-state index contributed by atoms with van der Waals surface area (Å²) >= 11 is 0. The van der Waals surface area contributed by atoms with Crippen LogP contribution >= 0.6 is 0 Å². The van der Waals surface area contributed by atoms with E-state index in [4.69, 9.17) is 0 Å². The molecule has 0 saturated heterocycles. The van der Waals surface area contributed by atoms with E-state index in [9.17, 15) is 56.6 Å².